The van der Waals surface area contributed by atoms with E-state index in [1.807, 2.05) is 60.7 Å². The summed E-state index contributed by atoms with van der Waals surface area (Å²) in [5, 5.41) is 19.2. The molecule has 40 heavy (non-hydrogen) atoms. The van der Waals surface area contributed by atoms with Gasteiger partial charge in [-0.25, -0.2) is 14.8 Å². The number of hydrogen-bond acceptors (Lipinski definition) is 7. The summed E-state index contributed by atoms with van der Waals surface area (Å²) in [4.78, 5) is 36.3. The summed E-state index contributed by atoms with van der Waals surface area (Å²) in [7, 11) is 0. The zero-order valence-corrected chi connectivity index (χ0v) is 21.0. The van der Waals surface area contributed by atoms with E-state index < -0.39 is 6.09 Å². The number of anilines is 3. The summed E-state index contributed by atoms with van der Waals surface area (Å²) in [6, 6.07) is 26.1. The Morgan fingerprint density at radius 2 is 1.62 bits per heavy atom. The van der Waals surface area contributed by atoms with Crippen LogP contribution in [0.25, 0.3) is 33.2 Å². The van der Waals surface area contributed by atoms with Gasteiger partial charge in [-0.2, -0.15) is 0 Å². The third kappa shape index (κ3) is 5.14. The highest BCUT2D eigenvalue weighted by Gasteiger charge is 2.13. The minimum absolute atomic E-state index is 0.00893. The molecule has 0 radical (unpaired) electrons. The van der Waals surface area contributed by atoms with Crippen molar-refractivity contribution in [3.8, 4) is 11.3 Å². The topological polar surface area (TPSA) is 142 Å². The van der Waals surface area contributed by atoms with Crippen LogP contribution in [-0.4, -0.2) is 32.1 Å². The summed E-state index contributed by atoms with van der Waals surface area (Å²) in [5.41, 5.74) is 5.37. The van der Waals surface area contributed by atoms with Gasteiger partial charge >= 0.3 is 6.09 Å². The predicted octanol–water partition coefficient (Wildman–Crippen LogP) is 6.20. The number of para-hydroxylation sites is 2. The molecule has 6 rings (SSSR count). The average molecular weight is 531 g/mol. The normalized spacial score (nSPS) is 10.9. The average Bonchev–Trinajstić information content (AvgIpc) is 3.36. The van der Waals surface area contributed by atoms with Crippen LogP contribution >= 0.6 is 0 Å². The van der Waals surface area contributed by atoms with Crippen LogP contribution in [0.2, 0.25) is 0 Å². The molecule has 2 amide bonds. The number of benzene rings is 3. The van der Waals surface area contributed by atoms with Gasteiger partial charge < -0.3 is 25.5 Å². The zero-order valence-electron chi connectivity index (χ0n) is 21.0. The van der Waals surface area contributed by atoms with Crippen molar-refractivity contribution in [3.05, 3.63) is 109 Å². The first-order valence-electron chi connectivity index (χ1n) is 12.4. The van der Waals surface area contributed by atoms with Crippen molar-refractivity contribution in [1.29, 1.82) is 0 Å². The molecule has 0 aliphatic heterocycles. The molecule has 196 valence electrons. The van der Waals surface area contributed by atoms with Gasteiger partial charge in [-0.1, -0.05) is 30.3 Å². The number of aromatic nitrogens is 3. The molecule has 0 aliphatic carbocycles. The van der Waals surface area contributed by atoms with Crippen molar-refractivity contribution in [3.63, 3.8) is 0 Å². The molecular formula is C30H22N6O4. The van der Waals surface area contributed by atoms with Crippen LogP contribution in [-0.2, 0) is 6.54 Å². The van der Waals surface area contributed by atoms with Crippen molar-refractivity contribution < 1.29 is 19.1 Å². The zero-order chi connectivity index (χ0) is 27.5. The van der Waals surface area contributed by atoms with E-state index in [9.17, 15) is 9.59 Å². The highest BCUT2D eigenvalue weighted by Crippen LogP contribution is 2.35. The van der Waals surface area contributed by atoms with Crippen molar-refractivity contribution >= 4 is 51.1 Å². The lowest BCUT2D eigenvalue weighted by atomic mass is 10.1. The molecule has 10 nitrogen and oxygen atoms in total. The van der Waals surface area contributed by atoms with E-state index in [4.69, 9.17) is 9.52 Å². The molecule has 3 aromatic carbocycles. The van der Waals surface area contributed by atoms with Crippen molar-refractivity contribution in [2.75, 3.05) is 10.6 Å². The van der Waals surface area contributed by atoms with Crippen LogP contribution < -0.4 is 16.0 Å². The number of carbonyl (C=O) groups excluding carboxylic acids is 1. The van der Waals surface area contributed by atoms with Crippen LogP contribution in [0, 0.1) is 0 Å². The highest BCUT2D eigenvalue weighted by atomic mass is 16.4. The third-order valence-corrected chi connectivity index (χ3v) is 6.26. The molecular weight excluding hydrogens is 508 g/mol. The molecule has 10 heteroatoms. The Kier molecular flexibility index (Phi) is 6.47. The lowest BCUT2D eigenvalue weighted by Gasteiger charge is -2.10. The van der Waals surface area contributed by atoms with Crippen molar-refractivity contribution in [1.82, 2.24) is 20.3 Å². The lowest BCUT2D eigenvalue weighted by Crippen LogP contribution is -2.21. The number of carbonyl (C=O) groups is 2. The fourth-order valence-corrected chi connectivity index (χ4v) is 4.39. The SMILES string of the molecule is O=C(O)NCc1cc(C(=O)Nc2ccc(Nc3cc(-c4cccc5c4oc4ccccc45)ncn3)cc2)ccn1. The van der Waals surface area contributed by atoms with Crippen LogP contribution in [0.5, 0.6) is 0 Å². The molecule has 0 saturated carbocycles. The van der Waals surface area contributed by atoms with Gasteiger partial charge in [-0.15, -0.1) is 0 Å². The van der Waals surface area contributed by atoms with Gasteiger partial charge in [0.2, 0.25) is 0 Å². The fraction of sp³-hybridized carbons (Fsp3) is 0.0333. The van der Waals surface area contributed by atoms with Gasteiger partial charge in [-0.05, 0) is 48.5 Å². The van der Waals surface area contributed by atoms with E-state index in [1.165, 1.54) is 12.5 Å². The van der Waals surface area contributed by atoms with E-state index in [2.05, 4.69) is 30.9 Å². The van der Waals surface area contributed by atoms with Gasteiger partial charge in [0.15, 0.2) is 0 Å². The smallest absolute Gasteiger partial charge is 0.404 e. The molecule has 4 N–H and O–H groups in total. The van der Waals surface area contributed by atoms with E-state index >= 15 is 0 Å². The molecule has 3 heterocycles. The molecule has 3 aromatic heterocycles. The summed E-state index contributed by atoms with van der Waals surface area (Å²) in [6.07, 6.45) is 1.81. The largest absolute Gasteiger partial charge is 0.465 e. The third-order valence-electron chi connectivity index (χ3n) is 6.26. The van der Waals surface area contributed by atoms with E-state index in [1.54, 1.807) is 24.3 Å². The van der Waals surface area contributed by atoms with Crippen molar-refractivity contribution in [2.45, 2.75) is 6.54 Å². The standard InChI is InChI=1S/C30H22N6O4/c37-29(18-12-13-31-21(14-18)16-32-30(38)39)36-20-10-8-19(9-11-20)35-27-15-25(33-17-34-27)24-6-3-5-23-22-4-1-2-7-26(22)40-28(23)24/h1-15,17,32H,16H2,(H,36,37)(H,38,39)(H,33,34,35). The number of hydrogen-bond donors (Lipinski definition) is 4. The molecule has 0 atom stereocenters. The van der Waals surface area contributed by atoms with Crippen LogP contribution in [0.4, 0.5) is 22.0 Å². The summed E-state index contributed by atoms with van der Waals surface area (Å²) < 4.78 is 6.16. The Morgan fingerprint density at radius 3 is 2.48 bits per heavy atom. The van der Waals surface area contributed by atoms with Crippen molar-refractivity contribution in [2.24, 2.45) is 0 Å². The van der Waals surface area contributed by atoms with Gasteiger partial charge in [0.05, 0.1) is 17.9 Å². The maximum Gasteiger partial charge on any atom is 0.404 e. The first-order valence-corrected chi connectivity index (χ1v) is 12.4. The molecule has 0 spiro atoms. The summed E-state index contributed by atoms with van der Waals surface area (Å²) in [5.74, 6) is 0.272. The Labute approximate surface area is 227 Å². The van der Waals surface area contributed by atoms with Crippen LogP contribution in [0.1, 0.15) is 16.1 Å². The van der Waals surface area contributed by atoms with Gasteiger partial charge in [0.1, 0.15) is 23.3 Å². The van der Waals surface area contributed by atoms with E-state index in [0.29, 0.717) is 22.8 Å². The predicted molar refractivity (Wildman–Crippen MR) is 152 cm³/mol. The van der Waals surface area contributed by atoms with E-state index in [-0.39, 0.29) is 12.5 Å². The first-order chi connectivity index (χ1) is 19.5. The van der Waals surface area contributed by atoms with Gasteiger partial charge in [0, 0.05) is 45.5 Å². The quantitative estimate of drug-likeness (QED) is 0.191. The fourth-order valence-electron chi connectivity index (χ4n) is 4.39. The Bertz CT molecular complexity index is 1870. The Morgan fingerprint density at radius 1 is 0.825 bits per heavy atom. The maximum absolute atomic E-state index is 12.7. The molecule has 0 unspecified atom stereocenters. The number of amides is 2. The molecule has 6 aromatic rings. The number of carboxylic acid groups (broad SMARTS) is 1. The lowest BCUT2D eigenvalue weighted by molar-refractivity contribution is 0.102. The van der Waals surface area contributed by atoms with E-state index in [0.717, 1.165) is 38.9 Å². The molecule has 0 bridgehead atoms. The first kappa shape index (κ1) is 24.6. The monoisotopic (exact) mass is 530 g/mol. The maximum atomic E-state index is 12.7. The Hall–Kier alpha value is -5.77. The molecule has 0 fully saturated rings. The second-order valence-electron chi connectivity index (χ2n) is 8.92. The second-order valence-corrected chi connectivity index (χ2v) is 8.92. The number of furan rings is 1. The minimum atomic E-state index is -1.16. The number of nitrogens with one attached hydrogen (secondary N) is 3. The molecule has 0 aliphatic rings. The Balaban J connectivity index is 1.16. The van der Waals surface area contributed by atoms with Crippen LogP contribution in [0.15, 0.2) is 102 Å². The summed E-state index contributed by atoms with van der Waals surface area (Å²) >= 11 is 0. The van der Waals surface area contributed by atoms with Gasteiger partial charge in [-0.3, -0.25) is 9.78 Å². The molecule has 0 saturated heterocycles. The minimum Gasteiger partial charge on any atom is -0.465 e. The number of pyridine rings is 1. The number of fused-ring (bicyclic) bond motifs is 3. The van der Waals surface area contributed by atoms with Gasteiger partial charge in [0.25, 0.3) is 5.91 Å². The van der Waals surface area contributed by atoms with Crippen LogP contribution in [0.3, 0.4) is 0 Å². The second kappa shape index (κ2) is 10.5. The highest BCUT2D eigenvalue weighted by molar-refractivity contribution is 6.09. The number of rotatable bonds is 7. The summed E-state index contributed by atoms with van der Waals surface area (Å²) in [6.45, 7) is 0.00893. The number of nitrogens with zero attached hydrogens (tertiary/aromatic N) is 3.